The number of carbonyl (C=O) groups is 2. The van der Waals surface area contributed by atoms with Crippen molar-refractivity contribution in [3.63, 3.8) is 0 Å². The van der Waals surface area contributed by atoms with E-state index >= 15 is 0 Å². The summed E-state index contributed by atoms with van der Waals surface area (Å²) in [7, 11) is 0. The molecule has 1 aromatic heterocycles. The van der Waals surface area contributed by atoms with Crippen LogP contribution in [0.4, 0.5) is 0 Å². The number of aromatic amines is 1. The molecule has 2 heterocycles. The van der Waals surface area contributed by atoms with Gasteiger partial charge in [0.05, 0.1) is 5.56 Å². The first-order chi connectivity index (χ1) is 11.6. The van der Waals surface area contributed by atoms with E-state index in [1.54, 1.807) is 12.3 Å². The fourth-order valence-corrected chi connectivity index (χ4v) is 3.15. The van der Waals surface area contributed by atoms with Gasteiger partial charge >= 0.3 is 0 Å². The third-order valence-corrected chi connectivity index (χ3v) is 4.56. The van der Waals surface area contributed by atoms with E-state index in [1.165, 1.54) is 5.56 Å². The number of hydrogen-bond donors (Lipinski definition) is 2. The fourth-order valence-electron chi connectivity index (χ4n) is 3.15. The molecule has 0 aliphatic carbocycles. The Hall–Kier alpha value is -2.56. The number of aryl methyl sites for hydroxylation is 1. The van der Waals surface area contributed by atoms with Gasteiger partial charge in [-0.2, -0.15) is 0 Å². The van der Waals surface area contributed by atoms with Crippen LogP contribution in [0, 0.1) is 12.8 Å². The van der Waals surface area contributed by atoms with Gasteiger partial charge < -0.3 is 15.2 Å². The Balaban J connectivity index is 1.46. The van der Waals surface area contributed by atoms with Gasteiger partial charge in [0.2, 0.25) is 5.91 Å². The van der Waals surface area contributed by atoms with Crippen molar-refractivity contribution in [2.45, 2.75) is 19.8 Å². The normalized spacial score (nSPS) is 17.3. The number of carbonyl (C=O) groups excluding carboxylic acids is 2. The minimum absolute atomic E-state index is 0.0797. The van der Waals surface area contributed by atoms with Crippen molar-refractivity contribution in [1.29, 1.82) is 0 Å². The molecule has 1 fully saturated rings. The molecular weight excluding hydrogens is 302 g/mol. The second-order valence-electron chi connectivity index (χ2n) is 6.37. The highest BCUT2D eigenvalue weighted by atomic mass is 16.2. The summed E-state index contributed by atoms with van der Waals surface area (Å²) in [5.41, 5.74) is 2.77. The zero-order chi connectivity index (χ0) is 16.9. The molecular formula is C19H23N3O2. The van der Waals surface area contributed by atoms with E-state index in [0.29, 0.717) is 18.5 Å². The molecule has 24 heavy (non-hydrogen) atoms. The number of H-pyrrole nitrogens is 1. The van der Waals surface area contributed by atoms with Crippen LogP contribution < -0.4 is 5.32 Å². The number of amides is 2. The molecule has 0 unspecified atom stereocenters. The summed E-state index contributed by atoms with van der Waals surface area (Å²) in [4.78, 5) is 29.2. The zero-order valence-electron chi connectivity index (χ0n) is 13.9. The van der Waals surface area contributed by atoms with Gasteiger partial charge in [-0.05, 0) is 25.0 Å². The van der Waals surface area contributed by atoms with Crippen LogP contribution >= 0.6 is 0 Å². The topological polar surface area (TPSA) is 65.2 Å². The van der Waals surface area contributed by atoms with Gasteiger partial charge in [0.25, 0.3) is 5.91 Å². The fraction of sp³-hybridized carbons (Fsp3) is 0.368. The largest absolute Gasteiger partial charge is 0.365 e. The summed E-state index contributed by atoms with van der Waals surface area (Å²) in [5.74, 6) is 0.295. The minimum Gasteiger partial charge on any atom is -0.365 e. The molecule has 1 aromatic carbocycles. The smallest absolute Gasteiger partial charge is 0.253 e. The highest BCUT2D eigenvalue weighted by Crippen LogP contribution is 2.18. The van der Waals surface area contributed by atoms with E-state index in [1.807, 2.05) is 30.0 Å². The van der Waals surface area contributed by atoms with Gasteiger partial charge in [-0.3, -0.25) is 9.59 Å². The Morgan fingerprint density at radius 3 is 2.79 bits per heavy atom. The summed E-state index contributed by atoms with van der Waals surface area (Å²) >= 11 is 0. The third kappa shape index (κ3) is 3.85. The van der Waals surface area contributed by atoms with Gasteiger partial charge in [-0.1, -0.05) is 30.3 Å². The van der Waals surface area contributed by atoms with Crippen molar-refractivity contribution < 1.29 is 9.59 Å². The number of nitrogens with one attached hydrogen (secondary N) is 2. The Morgan fingerprint density at radius 2 is 2.08 bits per heavy atom. The molecule has 0 saturated carbocycles. The van der Waals surface area contributed by atoms with Crippen LogP contribution in [0.25, 0.3) is 0 Å². The van der Waals surface area contributed by atoms with E-state index in [0.717, 1.165) is 25.2 Å². The second-order valence-corrected chi connectivity index (χ2v) is 6.37. The average Bonchev–Trinajstić information content (AvgIpc) is 3.17. The Labute approximate surface area is 142 Å². The number of rotatable bonds is 6. The molecule has 3 rings (SSSR count). The molecule has 1 aliphatic rings. The molecule has 5 heteroatoms. The van der Waals surface area contributed by atoms with Gasteiger partial charge in [0, 0.05) is 43.9 Å². The van der Waals surface area contributed by atoms with Crippen LogP contribution in [-0.4, -0.2) is 41.3 Å². The van der Waals surface area contributed by atoms with Crippen LogP contribution in [-0.2, 0) is 11.2 Å². The molecule has 2 aromatic rings. The van der Waals surface area contributed by atoms with Crippen LogP contribution in [0.2, 0.25) is 0 Å². The van der Waals surface area contributed by atoms with Crippen molar-refractivity contribution in [2.75, 3.05) is 19.6 Å². The maximum Gasteiger partial charge on any atom is 0.253 e. The molecule has 1 saturated heterocycles. The molecule has 1 atom stereocenters. The van der Waals surface area contributed by atoms with Crippen LogP contribution in [0.1, 0.15) is 28.0 Å². The van der Waals surface area contributed by atoms with Gasteiger partial charge in [0.15, 0.2) is 0 Å². The second kappa shape index (κ2) is 7.34. The molecule has 1 aliphatic heterocycles. The van der Waals surface area contributed by atoms with Gasteiger partial charge in [0.1, 0.15) is 0 Å². The molecule has 0 spiro atoms. The molecule has 2 N–H and O–H groups in total. The number of benzene rings is 1. The monoisotopic (exact) mass is 325 g/mol. The lowest BCUT2D eigenvalue weighted by Gasteiger charge is -2.17. The SMILES string of the molecule is Cc1[nH]ccc1C(=O)NC[C@@H]1CC(=O)N(CCc2ccccc2)C1. The maximum atomic E-state index is 12.1. The van der Waals surface area contributed by atoms with Crippen molar-refractivity contribution in [1.82, 2.24) is 15.2 Å². The predicted octanol–water partition coefficient (Wildman–Crippen LogP) is 2.14. The van der Waals surface area contributed by atoms with Crippen molar-refractivity contribution in [3.05, 3.63) is 59.4 Å². The molecule has 0 radical (unpaired) electrons. The van der Waals surface area contributed by atoms with E-state index in [4.69, 9.17) is 0 Å². The lowest BCUT2D eigenvalue weighted by molar-refractivity contribution is -0.127. The first kappa shape index (κ1) is 16.3. The first-order valence-electron chi connectivity index (χ1n) is 8.37. The van der Waals surface area contributed by atoms with Crippen molar-refractivity contribution >= 4 is 11.8 Å². The Kier molecular flexibility index (Phi) is 4.99. The summed E-state index contributed by atoms with van der Waals surface area (Å²) in [6.45, 7) is 3.87. The molecule has 5 nitrogen and oxygen atoms in total. The van der Waals surface area contributed by atoms with E-state index in [2.05, 4.69) is 22.4 Å². The lowest BCUT2D eigenvalue weighted by atomic mass is 10.1. The van der Waals surface area contributed by atoms with Crippen LogP contribution in [0.5, 0.6) is 0 Å². The Bertz CT molecular complexity index is 708. The van der Waals surface area contributed by atoms with Gasteiger partial charge in [-0.25, -0.2) is 0 Å². The van der Waals surface area contributed by atoms with Crippen molar-refractivity contribution in [3.8, 4) is 0 Å². The number of likely N-dealkylation sites (tertiary alicyclic amines) is 1. The highest BCUT2D eigenvalue weighted by Gasteiger charge is 2.29. The zero-order valence-corrected chi connectivity index (χ0v) is 13.9. The Morgan fingerprint density at radius 1 is 1.29 bits per heavy atom. The number of hydrogen-bond acceptors (Lipinski definition) is 2. The van der Waals surface area contributed by atoms with Crippen LogP contribution in [0.15, 0.2) is 42.6 Å². The van der Waals surface area contributed by atoms with Gasteiger partial charge in [-0.15, -0.1) is 0 Å². The first-order valence-corrected chi connectivity index (χ1v) is 8.37. The number of nitrogens with zero attached hydrogens (tertiary/aromatic N) is 1. The van der Waals surface area contributed by atoms with Crippen molar-refractivity contribution in [2.24, 2.45) is 5.92 Å². The van der Waals surface area contributed by atoms with E-state index < -0.39 is 0 Å². The quantitative estimate of drug-likeness (QED) is 0.854. The molecule has 2 amide bonds. The third-order valence-electron chi connectivity index (χ3n) is 4.56. The molecule has 126 valence electrons. The van der Waals surface area contributed by atoms with E-state index in [-0.39, 0.29) is 17.7 Å². The summed E-state index contributed by atoms with van der Waals surface area (Å²) in [6, 6.07) is 12.0. The van der Waals surface area contributed by atoms with Crippen LogP contribution in [0.3, 0.4) is 0 Å². The van der Waals surface area contributed by atoms with E-state index in [9.17, 15) is 9.59 Å². The predicted molar refractivity (Wildman–Crippen MR) is 92.7 cm³/mol. The highest BCUT2D eigenvalue weighted by molar-refractivity contribution is 5.95. The maximum absolute atomic E-state index is 12.1. The summed E-state index contributed by atoms with van der Waals surface area (Å²) in [5, 5.41) is 2.94. The summed E-state index contributed by atoms with van der Waals surface area (Å²) < 4.78 is 0. The minimum atomic E-state index is -0.0797. The average molecular weight is 325 g/mol. The standard InChI is InChI=1S/C19H23N3O2/c1-14-17(7-9-20-14)19(24)21-12-16-11-18(23)22(13-16)10-8-15-5-3-2-4-6-15/h2-7,9,16,20H,8,10-13H2,1H3,(H,21,24)/t16-/m0/s1. The lowest BCUT2D eigenvalue weighted by Crippen LogP contribution is -2.32. The number of aromatic nitrogens is 1. The summed E-state index contributed by atoms with van der Waals surface area (Å²) in [6.07, 6.45) is 3.14. The molecule has 0 bridgehead atoms.